The van der Waals surface area contributed by atoms with E-state index in [0.29, 0.717) is 17.0 Å². The first-order valence-electron chi connectivity index (χ1n) is 4.52. The van der Waals surface area contributed by atoms with Crippen LogP contribution in [0.4, 0.5) is 4.39 Å². The first-order valence-corrected chi connectivity index (χ1v) is 4.52. The molecule has 2 heterocycles. The number of rotatable bonds is 0. The van der Waals surface area contributed by atoms with Crippen molar-refractivity contribution < 1.29 is 4.39 Å². The van der Waals surface area contributed by atoms with Gasteiger partial charge in [-0.05, 0) is 19.1 Å². The lowest BCUT2D eigenvalue weighted by Crippen LogP contribution is -1.94. The van der Waals surface area contributed by atoms with Crippen LogP contribution in [0.3, 0.4) is 0 Å². The predicted molar refractivity (Wildman–Crippen MR) is 53.0 cm³/mol. The molecular weight excluding hydrogens is 195 g/mol. The normalized spacial score (nSPS) is 11.3. The van der Waals surface area contributed by atoms with Crippen molar-refractivity contribution in [1.82, 2.24) is 19.6 Å². The topological polar surface area (TPSA) is 43.1 Å². The van der Waals surface area contributed by atoms with Gasteiger partial charge in [-0.3, -0.25) is 4.40 Å². The van der Waals surface area contributed by atoms with Gasteiger partial charge in [0.2, 0.25) is 0 Å². The average molecular weight is 202 g/mol. The van der Waals surface area contributed by atoms with Crippen LogP contribution in [0.5, 0.6) is 0 Å². The Labute approximate surface area is 84.4 Å². The lowest BCUT2D eigenvalue weighted by atomic mass is 10.2. The number of halogens is 1. The second kappa shape index (κ2) is 2.73. The van der Waals surface area contributed by atoms with E-state index in [9.17, 15) is 4.39 Å². The van der Waals surface area contributed by atoms with Gasteiger partial charge in [-0.1, -0.05) is 6.07 Å². The summed E-state index contributed by atoms with van der Waals surface area (Å²) in [4.78, 5) is 4.04. The van der Waals surface area contributed by atoms with E-state index in [2.05, 4.69) is 15.2 Å². The summed E-state index contributed by atoms with van der Waals surface area (Å²) in [6, 6.07) is 4.90. The number of hydrogen-bond donors (Lipinski definition) is 0. The first kappa shape index (κ1) is 8.28. The van der Waals surface area contributed by atoms with Gasteiger partial charge in [-0.25, -0.2) is 9.37 Å². The first-order chi connectivity index (χ1) is 7.27. The maximum absolute atomic E-state index is 13.5. The van der Waals surface area contributed by atoms with Gasteiger partial charge in [0.15, 0.2) is 0 Å². The van der Waals surface area contributed by atoms with Crippen LogP contribution in [0.25, 0.3) is 16.7 Å². The van der Waals surface area contributed by atoms with E-state index in [1.54, 1.807) is 10.5 Å². The minimum atomic E-state index is -0.282. The fraction of sp³-hybridized carbons (Fsp3) is 0.100. The van der Waals surface area contributed by atoms with Crippen LogP contribution in [0.1, 0.15) is 5.82 Å². The Morgan fingerprint density at radius 2 is 2.13 bits per heavy atom. The lowest BCUT2D eigenvalue weighted by Gasteiger charge is -2.01. The molecule has 0 amide bonds. The number of aromatic nitrogens is 4. The monoisotopic (exact) mass is 202 g/mol. The minimum Gasteiger partial charge on any atom is -0.263 e. The number of benzene rings is 1. The molecule has 74 valence electrons. The summed E-state index contributed by atoms with van der Waals surface area (Å²) in [6.45, 7) is 1.81. The van der Waals surface area contributed by atoms with E-state index in [4.69, 9.17) is 0 Å². The molecule has 3 aromatic rings. The molecule has 4 nitrogen and oxygen atoms in total. The molecule has 2 aromatic heterocycles. The van der Waals surface area contributed by atoms with E-state index in [-0.39, 0.29) is 5.82 Å². The highest BCUT2D eigenvalue weighted by molar-refractivity contribution is 5.80. The zero-order chi connectivity index (χ0) is 10.4. The van der Waals surface area contributed by atoms with Crippen molar-refractivity contribution in [1.29, 1.82) is 0 Å². The Kier molecular flexibility index (Phi) is 1.50. The second-order valence-electron chi connectivity index (χ2n) is 3.31. The third-order valence-corrected chi connectivity index (χ3v) is 2.39. The third kappa shape index (κ3) is 1.03. The summed E-state index contributed by atoms with van der Waals surface area (Å²) < 4.78 is 15.2. The van der Waals surface area contributed by atoms with E-state index in [1.807, 2.05) is 13.0 Å². The Hall–Kier alpha value is -2.04. The maximum Gasteiger partial charge on any atom is 0.255 e. The van der Waals surface area contributed by atoms with Crippen molar-refractivity contribution in [3.63, 3.8) is 0 Å². The smallest absolute Gasteiger partial charge is 0.255 e. The van der Waals surface area contributed by atoms with Crippen LogP contribution in [-0.2, 0) is 0 Å². The molecule has 0 fully saturated rings. The van der Waals surface area contributed by atoms with Gasteiger partial charge >= 0.3 is 0 Å². The van der Waals surface area contributed by atoms with Crippen LogP contribution in [-0.4, -0.2) is 19.6 Å². The molecule has 0 atom stereocenters. The van der Waals surface area contributed by atoms with Crippen LogP contribution < -0.4 is 0 Å². The van der Waals surface area contributed by atoms with Gasteiger partial charge < -0.3 is 0 Å². The average Bonchev–Trinajstić information content (AvgIpc) is 2.61. The zero-order valence-corrected chi connectivity index (χ0v) is 7.98. The standard InChI is InChI=1S/C10H7FN4/c1-6-13-14-10-12-5-7-8(11)3-2-4-9(7)15(6)10/h2-5H,1H3. The summed E-state index contributed by atoms with van der Waals surface area (Å²) in [5, 5.41) is 8.26. The molecule has 0 N–H and O–H groups in total. The highest BCUT2D eigenvalue weighted by Crippen LogP contribution is 2.18. The highest BCUT2D eigenvalue weighted by atomic mass is 19.1. The Morgan fingerprint density at radius 3 is 3.00 bits per heavy atom. The summed E-state index contributed by atoms with van der Waals surface area (Å²) >= 11 is 0. The fourth-order valence-corrected chi connectivity index (χ4v) is 1.69. The van der Waals surface area contributed by atoms with Crippen LogP contribution in [0.2, 0.25) is 0 Å². The van der Waals surface area contributed by atoms with E-state index >= 15 is 0 Å². The molecule has 3 rings (SSSR count). The molecule has 0 aliphatic rings. The second-order valence-corrected chi connectivity index (χ2v) is 3.31. The minimum absolute atomic E-state index is 0.282. The van der Waals surface area contributed by atoms with E-state index < -0.39 is 0 Å². The molecular formula is C10H7FN4. The summed E-state index contributed by atoms with van der Waals surface area (Å²) in [5.74, 6) is 0.911. The Bertz CT molecular complexity index is 659. The van der Waals surface area contributed by atoms with Gasteiger partial charge in [0.05, 0.1) is 10.9 Å². The molecule has 0 radical (unpaired) electrons. The molecule has 0 saturated heterocycles. The quantitative estimate of drug-likeness (QED) is 0.557. The molecule has 0 saturated carbocycles. The molecule has 0 unspecified atom stereocenters. The summed E-state index contributed by atoms with van der Waals surface area (Å²) in [7, 11) is 0. The number of aryl methyl sites for hydroxylation is 1. The SMILES string of the molecule is Cc1nnc2ncc3c(F)cccc3n12. The van der Waals surface area contributed by atoms with Gasteiger partial charge in [-0.15, -0.1) is 10.2 Å². The molecule has 0 aliphatic carbocycles. The van der Waals surface area contributed by atoms with Crippen molar-refractivity contribution in [3.05, 3.63) is 36.0 Å². The lowest BCUT2D eigenvalue weighted by molar-refractivity contribution is 0.639. The van der Waals surface area contributed by atoms with Crippen molar-refractivity contribution in [3.8, 4) is 0 Å². The highest BCUT2D eigenvalue weighted by Gasteiger charge is 2.08. The fourth-order valence-electron chi connectivity index (χ4n) is 1.69. The van der Waals surface area contributed by atoms with Gasteiger partial charge in [0.25, 0.3) is 5.78 Å². The van der Waals surface area contributed by atoms with Crippen LogP contribution >= 0.6 is 0 Å². The third-order valence-electron chi connectivity index (χ3n) is 2.39. The van der Waals surface area contributed by atoms with Crippen LogP contribution in [0.15, 0.2) is 24.4 Å². The van der Waals surface area contributed by atoms with Crippen LogP contribution in [0, 0.1) is 12.7 Å². The number of nitrogens with zero attached hydrogens (tertiary/aromatic N) is 4. The Morgan fingerprint density at radius 1 is 1.27 bits per heavy atom. The van der Waals surface area contributed by atoms with Crippen molar-refractivity contribution in [2.45, 2.75) is 6.92 Å². The number of hydrogen-bond acceptors (Lipinski definition) is 3. The largest absolute Gasteiger partial charge is 0.263 e. The van der Waals surface area contributed by atoms with Crippen molar-refractivity contribution >= 4 is 16.7 Å². The molecule has 15 heavy (non-hydrogen) atoms. The summed E-state index contributed by atoms with van der Waals surface area (Å²) in [6.07, 6.45) is 1.48. The number of fused-ring (bicyclic) bond motifs is 3. The van der Waals surface area contributed by atoms with Crippen molar-refractivity contribution in [2.24, 2.45) is 0 Å². The molecule has 0 bridgehead atoms. The molecule has 0 aliphatic heterocycles. The predicted octanol–water partition coefficient (Wildman–Crippen LogP) is 1.73. The van der Waals surface area contributed by atoms with Gasteiger partial charge in [-0.2, -0.15) is 0 Å². The van der Waals surface area contributed by atoms with Crippen molar-refractivity contribution in [2.75, 3.05) is 0 Å². The molecule has 5 heteroatoms. The zero-order valence-electron chi connectivity index (χ0n) is 7.98. The maximum atomic E-state index is 13.5. The molecule has 1 aromatic carbocycles. The summed E-state index contributed by atoms with van der Waals surface area (Å²) in [5.41, 5.74) is 0.738. The molecule has 0 spiro atoms. The van der Waals surface area contributed by atoms with E-state index in [0.717, 1.165) is 5.52 Å². The van der Waals surface area contributed by atoms with Gasteiger partial charge in [0.1, 0.15) is 11.6 Å². The van der Waals surface area contributed by atoms with Gasteiger partial charge in [0, 0.05) is 6.20 Å². The van der Waals surface area contributed by atoms with E-state index in [1.165, 1.54) is 12.3 Å². The Balaban J connectivity index is 2.64.